The maximum atomic E-state index is 10.8. The molecule has 0 aromatic heterocycles. The van der Waals surface area contributed by atoms with Crippen molar-refractivity contribution < 1.29 is 9.90 Å². The smallest absolute Gasteiger partial charge is 0.328 e. The van der Waals surface area contributed by atoms with Crippen molar-refractivity contribution in [1.29, 1.82) is 0 Å². The average Bonchev–Trinajstić information content (AvgIpc) is 2.74. The van der Waals surface area contributed by atoms with Gasteiger partial charge >= 0.3 is 5.97 Å². The summed E-state index contributed by atoms with van der Waals surface area (Å²) >= 11 is 9.73. The molecule has 0 saturated carbocycles. The minimum absolute atomic E-state index is 0.636. The first-order chi connectivity index (χ1) is 15.6. The quantitative estimate of drug-likeness (QED) is 0.173. The Morgan fingerprint density at radius 1 is 1.12 bits per heavy atom. The highest BCUT2D eigenvalue weighted by molar-refractivity contribution is 9.11. The molecule has 5 heteroatoms. The lowest BCUT2D eigenvalue weighted by Crippen LogP contribution is -1.94. The largest absolute Gasteiger partial charge is 0.478 e. The third-order valence-electron chi connectivity index (χ3n) is 4.56. The summed E-state index contributed by atoms with van der Waals surface area (Å²) in [7, 11) is 0. The minimum Gasteiger partial charge on any atom is -0.478 e. The van der Waals surface area contributed by atoms with Crippen LogP contribution in [0, 0.1) is 5.92 Å². The predicted molar refractivity (Wildman–Crippen MR) is 156 cm³/mol. The molecule has 0 atom stereocenters. The van der Waals surface area contributed by atoms with Gasteiger partial charge in [0.05, 0.1) is 0 Å². The molecule has 0 aliphatic rings. The van der Waals surface area contributed by atoms with Gasteiger partial charge in [-0.1, -0.05) is 79.5 Å². The van der Waals surface area contributed by atoms with Crippen molar-refractivity contribution in [3.8, 4) is 0 Å². The lowest BCUT2D eigenvalue weighted by Gasteiger charge is -2.07. The van der Waals surface area contributed by atoms with E-state index in [9.17, 15) is 4.79 Å². The molecule has 0 heterocycles. The van der Waals surface area contributed by atoms with Crippen molar-refractivity contribution in [3.05, 3.63) is 86.3 Å². The van der Waals surface area contributed by atoms with Crippen molar-refractivity contribution in [1.82, 2.24) is 0 Å². The number of carbonyl (C=O) groups is 1. The van der Waals surface area contributed by atoms with Gasteiger partial charge in [0.25, 0.3) is 0 Å². The molecule has 1 rings (SSSR count). The molecule has 0 fully saturated rings. The zero-order valence-corrected chi connectivity index (χ0v) is 24.3. The molecule has 2 nitrogen and oxygen atoms in total. The molecule has 1 aromatic rings. The summed E-state index contributed by atoms with van der Waals surface area (Å²) in [6, 6.07) is 8.31. The Bertz CT molecular complexity index is 889. The molecule has 1 N–H and O–H groups in total. The van der Waals surface area contributed by atoms with Crippen LogP contribution in [0.2, 0.25) is 0 Å². The molecule has 33 heavy (non-hydrogen) atoms. The van der Waals surface area contributed by atoms with E-state index < -0.39 is 5.97 Å². The highest BCUT2D eigenvalue weighted by Crippen LogP contribution is 2.24. The second-order valence-corrected chi connectivity index (χ2v) is 10.2. The zero-order chi connectivity index (χ0) is 25.4. The second kappa shape index (κ2) is 18.0. The van der Waals surface area contributed by atoms with Gasteiger partial charge in [-0.2, -0.15) is 0 Å². The van der Waals surface area contributed by atoms with Crippen LogP contribution in [-0.2, 0) is 11.2 Å². The Hall–Kier alpha value is -1.43. The van der Waals surface area contributed by atoms with Gasteiger partial charge in [-0.3, -0.25) is 0 Å². The molecular weight excluding hydrogens is 512 g/mol. The van der Waals surface area contributed by atoms with E-state index in [0.29, 0.717) is 5.92 Å². The molecule has 0 unspecified atom stereocenters. The van der Waals surface area contributed by atoms with Crippen LogP contribution in [-0.4, -0.2) is 17.3 Å². The van der Waals surface area contributed by atoms with E-state index in [0.717, 1.165) is 39.8 Å². The van der Waals surface area contributed by atoms with Crippen LogP contribution < -0.4 is 0 Å². The van der Waals surface area contributed by atoms with Gasteiger partial charge in [0.2, 0.25) is 0 Å². The molecular formula is C28H39BrO2S2. The zero-order valence-electron chi connectivity index (χ0n) is 21.0. The second-order valence-electron chi connectivity index (χ2n) is 7.99. The van der Waals surface area contributed by atoms with E-state index in [2.05, 4.69) is 86.8 Å². The first-order valence-electron chi connectivity index (χ1n) is 11.2. The highest BCUT2D eigenvalue weighted by atomic mass is 79.9. The molecule has 0 radical (unpaired) electrons. The van der Waals surface area contributed by atoms with E-state index in [4.69, 9.17) is 5.11 Å². The molecule has 0 amide bonds. The van der Waals surface area contributed by atoms with Gasteiger partial charge in [-0.25, -0.2) is 4.79 Å². The van der Waals surface area contributed by atoms with Crippen LogP contribution >= 0.6 is 40.3 Å². The first kappa shape index (κ1) is 31.6. The van der Waals surface area contributed by atoms with E-state index in [1.165, 1.54) is 22.1 Å². The van der Waals surface area contributed by atoms with Gasteiger partial charge in [0, 0.05) is 20.4 Å². The van der Waals surface area contributed by atoms with Crippen LogP contribution in [0.4, 0.5) is 0 Å². The third kappa shape index (κ3) is 14.4. The molecule has 0 aliphatic carbocycles. The Balaban J connectivity index is 0.000000728. The number of benzene rings is 1. The van der Waals surface area contributed by atoms with E-state index in [1.807, 2.05) is 38.1 Å². The summed E-state index contributed by atoms with van der Waals surface area (Å²) in [4.78, 5) is 12.9. The van der Waals surface area contributed by atoms with Gasteiger partial charge in [0.1, 0.15) is 0 Å². The summed E-state index contributed by atoms with van der Waals surface area (Å²) in [5.41, 5.74) is 4.42. The van der Waals surface area contributed by atoms with Crippen LogP contribution in [0.5, 0.6) is 0 Å². The van der Waals surface area contributed by atoms with Crippen LogP contribution in [0.3, 0.4) is 0 Å². The van der Waals surface area contributed by atoms with Gasteiger partial charge in [0.15, 0.2) is 0 Å². The monoisotopic (exact) mass is 550 g/mol. The van der Waals surface area contributed by atoms with Gasteiger partial charge in [-0.05, 0) is 80.2 Å². The summed E-state index contributed by atoms with van der Waals surface area (Å²) in [5.74, 6) is -0.278. The fourth-order valence-corrected chi connectivity index (χ4v) is 4.32. The van der Waals surface area contributed by atoms with Crippen LogP contribution in [0.1, 0.15) is 65.5 Å². The molecule has 182 valence electrons. The topological polar surface area (TPSA) is 37.3 Å². The van der Waals surface area contributed by atoms with Crippen LogP contribution in [0.25, 0.3) is 4.91 Å². The van der Waals surface area contributed by atoms with E-state index in [-0.39, 0.29) is 0 Å². The number of aliphatic carboxylic acids is 1. The van der Waals surface area contributed by atoms with Gasteiger partial charge in [-0.15, -0.1) is 24.4 Å². The Morgan fingerprint density at radius 3 is 2.15 bits per heavy atom. The Kier molecular flexibility index (Phi) is 17.2. The Morgan fingerprint density at radius 2 is 1.73 bits per heavy atom. The molecule has 0 aliphatic heterocycles. The Labute approximate surface area is 219 Å². The predicted octanol–water partition coefficient (Wildman–Crippen LogP) is 9.47. The molecule has 0 bridgehead atoms. The first-order valence-corrected chi connectivity index (χ1v) is 13.7. The SMILES string of the molecule is CCCC(/C=C(\S)c1ccc(CC(C)C)cc1)=C\C(=O)O.C\C=C(Br)/C=C(C)\C(=C/C)SC. The summed E-state index contributed by atoms with van der Waals surface area (Å²) in [6.45, 7) is 12.6. The maximum Gasteiger partial charge on any atom is 0.328 e. The standard InChI is InChI=1S/C18H24O2S.C10H15BrS/c1-4-5-15(12-18(19)20)11-17(21)16-8-6-14(7-9-16)10-13(2)3;1-5-9(11)7-8(3)10(6-2)12-4/h6-9,11-13,21H,4-5,10H2,1-3H3,(H,19,20);5-7H,1-4H3/b15-12+,17-11-;8-7-,9-5+,10-6+. The summed E-state index contributed by atoms with van der Waals surface area (Å²) in [5, 5.41) is 8.88. The number of allylic oxidation sites excluding steroid dienone is 7. The molecule has 0 spiro atoms. The van der Waals surface area contributed by atoms with Crippen molar-refractivity contribution in [2.75, 3.05) is 6.26 Å². The number of halogens is 1. The molecule has 0 saturated heterocycles. The number of rotatable bonds is 10. The van der Waals surface area contributed by atoms with E-state index >= 15 is 0 Å². The van der Waals surface area contributed by atoms with Crippen molar-refractivity contribution >= 4 is 51.2 Å². The summed E-state index contributed by atoms with van der Waals surface area (Å²) < 4.78 is 1.13. The number of hydrogen-bond acceptors (Lipinski definition) is 3. The van der Waals surface area contributed by atoms with Crippen molar-refractivity contribution in [2.45, 2.75) is 60.8 Å². The lowest BCUT2D eigenvalue weighted by molar-refractivity contribution is -0.131. The van der Waals surface area contributed by atoms with Gasteiger partial charge < -0.3 is 5.11 Å². The lowest BCUT2D eigenvalue weighted by atomic mass is 10.0. The number of thioether (sulfide) groups is 1. The number of thiol groups is 1. The number of hydrogen-bond donors (Lipinski definition) is 2. The van der Waals surface area contributed by atoms with Crippen molar-refractivity contribution in [2.24, 2.45) is 5.92 Å². The third-order valence-corrected chi connectivity index (χ3v) is 6.64. The van der Waals surface area contributed by atoms with E-state index in [1.54, 1.807) is 11.8 Å². The fraction of sp³-hybridized carbons (Fsp3) is 0.393. The fourth-order valence-electron chi connectivity index (χ4n) is 3.04. The van der Waals surface area contributed by atoms with Crippen LogP contribution in [0.15, 0.2) is 75.2 Å². The number of carboxylic acids is 1. The molecule has 1 aromatic carbocycles. The number of carboxylic acid groups (broad SMARTS) is 1. The average molecular weight is 552 g/mol. The normalized spacial score (nSPS) is 13.7. The minimum atomic E-state index is -0.914. The highest BCUT2D eigenvalue weighted by Gasteiger charge is 2.03. The summed E-state index contributed by atoms with van der Waals surface area (Å²) in [6.07, 6.45) is 14.2. The van der Waals surface area contributed by atoms with Crippen molar-refractivity contribution in [3.63, 3.8) is 0 Å². The maximum absolute atomic E-state index is 10.8.